The Hall–Kier alpha value is -2.42. The molecule has 0 radical (unpaired) electrons. The average Bonchev–Trinajstić information content (AvgIpc) is 2.50. The van der Waals surface area contributed by atoms with Crippen LogP contribution in [0.15, 0.2) is 18.2 Å². The number of halogens is 1. The number of nitriles is 1. The van der Waals surface area contributed by atoms with Crippen molar-refractivity contribution < 1.29 is 14.0 Å². The highest BCUT2D eigenvalue weighted by Gasteiger charge is 2.32. The molecule has 1 atom stereocenters. The van der Waals surface area contributed by atoms with E-state index in [4.69, 9.17) is 5.26 Å². The minimum atomic E-state index is -1.02. The third kappa shape index (κ3) is 4.79. The summed E-state index contributed by atoms with van der Waals surface area (Å²) in [5, 5.41) is 14.7. The summed E-state index contributed by atoms with van der Waals surface area (Å²) in [6, 6.07) is 5.72. The predicted octanol–water partition coefficient (Wildman–Crippen LogP) is 2.54. The van der Waals surface area contributed by atoms with Gasteiger partial charge in [0.2, 0.25) is 11.8 Å². The summed E-state index contributed by atoms with van der Waals surface area (Å²) < 4.78 is 13.7. The Bertz CT molecular complexity index is 705. The molecule has 1 fully saturated rings. The van der Waals surface area contributed by atoms with Gasteiger partial charge in [0, 0.05) is 18.5 Å². The molecule has 1 saturated carbocycles. The molecule has 1 aromatic rings. The Labute approximate surface area is 147 Å². The molecule has 0 aromatic heterocycles. The monoisotopic (exact) mass is 345 g/mol. The van der Waals surface area contributed by atoms with Crippen LogP contribution in [-0.2, 0) is 15.0 Å². The summed E-state index contributed by atoms with van der Waals surface area (Å²) in [4.78, 5) is 24.5. The standard InChI is InChI=1S/C19H24FN3O2/c1-12(7-17(24)23-16-5-4-6-16)22-18(25)19(2,3)14-8-13(11-21)9-15(20)10-14/h8-10,12,16H,4-7H2,1-3H3,(H,22,25)(H,23,24)/t12-/m0/s1. The molecule has 0 bridgehead atoms. The Kier molecular flexibility index (Phi) is 5.78. The molecule has 2 amide bonds. The maximum Gasteiger partial charge on any atom is 0.230 e. The highest BCUT2D eigenvalue weighted by molar-refractivity contribution is 5.88. The molecule has 134 valence electrons. The van der Waals surface area contributed by atoms with Crippen molar-refractivity contribution in [1.82, 2.24) is 10.6 Å². The topological polar surface area (TPSA) is 82.0 Å². The Morgan fingerprint density at radius 1 is 1.36 bits per heavy atom. The van der Waals surface area contributed by atoms with Crippen LogP contribution in [0.2, 0.25) is 0 Å². The number of benzene rings is 1. The first-order chi connectivity index (χ1) is 11.7. The Balaban J connectivity index is 1.99. The van der Waals surface area contributed by atoms with Crippen LogP contribution in [0.1, 0.15) is 57.6 Å². The van der Waals surface area contributed by atoms with Crippen molar-refractivity contribution in [3.8, 4) is 6.07 Å². The lowest BCUT2D eigenvalue weighted by Crippen LogP contribution is -2.47. The van der Waals surface area contributed by atoms with Gasteiger partial charge in [-0.25, -0.2) is 4.39 Å². The summed E-state index contributed by atoms with van der Waals surface area (Å²) in [5.41, 5.74) is -0.427. The van der Waals surface area contributed by atoms with Gasteiger partial charge >= 0.3 is 0 Å². The fourth-order valence-electron chi connectivity index (χ4n) is 2.72. The molecular formula is C19H24FN3O2. The minimum absolute atomic E-state index is 0.0761. The zero-order valence-corrected chi connectivity index (χ0v) is 14.9. The first-order valence-corrected chi connectivity index (χ1v) is 8.54. The Morgan fingerprint density at radius 3 is 2.60 bits per heavy atom. The largest absolute Gasteiger partial charge is 0.353 e. The summed E-state index contributed by atoms with van der Waals surface area (Å²) in [6.45, 7) is 5.10. The van der Waals surface area contributed by atoms with Crippen molar-refractivity contribution >= 4 is 11.8 Å². The fraction of sp³-hybridized carbons (Fsp3) is 0.526. The molecule has 0 unspecified atom stereocenters. The molecule has 0 aliphatic heterocycles. The van der Waals surface area contributed by atoms with Crippen molar-refractivity contribution in [1.29, 1.82) is 5.26 Å². The van der Waals surface area contributed by atoms with Crippen LogP contribution in [-0.4, -0.2) is 23.9 Å². The quantitative estimate of drug-likeness (QED) is 0.831. The van der Waals surface area contributed by atoms with Crippen LogP contribution >= 0.6 is 0 Å². The first-order valence-electron chi connectivity index (χ1n) is 8.54. The second-order valence-corrected chi connectivity index (χ2v) is 7.24. The van der Waals surface area contributed by atoms with E-state index in [0.29, 0.717) is 5.56 Å². The molecule has 6 heteroatoms. The van der Waals surface area contributed by atoms with Gasteiger partial charge in [-0.1, -0.05) is 0 Å². The van der Waals surface area contributed by atoms with E-state index in [1.807, 2.05) is 6.07 Å². The minimum Gasteiger partial charge on any atom is -0.353 e. The molecule has 0 heterocycles. The predicted molar refractivity (Wildman–Crippen MR) is 92.1 cm³/mol. The second-order valence-electron chi connectivity index (χ2n) is 7.24. The molecule has 2 rings (SSSR count). The van der Waals surface area contributed by atoms with Crippen LogP contribution in [0, 0.1) is 17.1 Å². The lowest BCUT2D eigenvalue weighted by atomic mass is 9.82. The molecule has 0 spiro atoms. The molecule has 5 nitrogen and oxygen atoms in total. The van der Waals surface area contributed by atoms with E-state index in [2.05, 4.69) is 10.6 Å². The maximum atomic E-state index is 13.7. The van der Waals surface area contributed by atoms with E-state index in [-0.39, 0.29) is 35.9 Å². The molecular weight excluding hydrogens is 321 g/mol. The second kappa shape index (κ2) is 7.64. The third-order valence-electron chi connectivity index (χ3n) is 4.66. The zero-order chi connectivity index (χ0) is 18.6. The van der Waals surface area contributed by atoms with Crippen LogP contribution in [0.5, 0.6) is 0 Å². The van der Waals surface area contributed by atoms with Crippen molar-refractivity contribution in [2.45, 2.75) is 64.0 Å². The average molecular weight is 345 g/mol. The van der Waals surface area contributed by atoms with Gasteiger partial charge in [0.25, 0.3) is 0 Å². The number of amides is 2. The first kappa shape index (κ1) is 18.9. The van der Waals surface area contributed by atoms with Gasteiger partial charge in [0.1, 0.15) is 5.82 Å². The number of carbonyl (C=O) groups is 2. The third-order valence-corrected chi connectivity index (χ3v) is 4.66. The van der Waals surface area contributed by atoms with E-state index in [9.17, 15) is 14.0 Å². The number of carbonyl (C=O) groups excluding carboxylic acids is 2. The van der Waals surface area contributed by atoms with E-state index in [1.165, 1.54) is 12.1 Å². The highest BCUT2D eigenvalue weighted by atomic mass is 19.1. The normalized spacial score (nSPS) is 15.6. The number of hydrogen-bond donors (Lipinski definition) is 2. The number of rotatable bonds is 6. The van der Waals surface area contributed by atoms with E-state index in [0.717, 1.165) is 25.3 Å². The van der Waals surface area contributed by atoms with Gasteiger partial charge in [-0.2, -0.15) is 5.26 Å². The smallest absolute Gasteiger partial charge is 0.230 e. The van der Waals surface area contributed by atoms with Gasteiger partial charge in [-0.05, 0) is 63.8 Å². The summed E-state index contributed by atoms with van der Waals surface area (Å²) in [5.74, 6) is -0.943. The van der Waals surface area contributed by atoms with Crippen molar-refractivity contribution in [2.24, 2.45) is 0 Å². The molecule has 1 aliphatic rings. The summed E-state index contributed by atoms with van der Waals surface area (Å²) in [6.07, 6.45) is 3.37. The van der Waals surface area contributed by atoms with E-state index in [1.54, 1.807) is 20.8 Å². The summed E-state index contributed by atoms with van der Waals surface area (Å²) in [7, 11) is 0. The van der Waals surface area contributed by atoms with Gasteiger partial charge in [-0.15, -0.1) is 0 Å². The van der Waals surface area contributed by atoms with Gasteiger partial charge < -0.3 is 10.6 Å². The number of nitrogens with one attached hydrogen (secondary N) is 2. The molecule has 25 heavy (non-hydrogen) atoms. The van der Waals surface area contributed by atoms with Crippen LogP contribution in [0.25, 0.3) is 0 Å². The SMILES string of the molecule is C[C@@H](CC(=O)NC1CCC1)NC(=O)C(C)(C)c1cc(F)cc(C#N)c1. The van der Waals surface area contributed by atoms with Crippen LogP contribution < -0.4 is 10.6 Å². The fourth-order valence-corrected chi connectivity index (χ4v) is 2.72. The van der Waals surface area contributed by atoms with Crippen molar-refractivity contribution in [3.63, 3.8) is 0 Å². The van der Waals surface area contributed by atoms with Crippen LogP contribution in [0.3, 0.4) is 0 Å². The highest BCUT2D eigenvalue weighted by Crippen LogP contribution is 2.26. The molecule has 2 N–H and O–H groups in total. The van der Waals surface area contributed by atoms with Gasteiger partial charge in [0.15, 0.2) is 0 Å². The maximum absolute atomic E-state index is 13.7. The van der Waals surface area contributed by atoms with Gasteiger partial charge in [-0.3, -0.25) is 9.59 Å². The van der Waals surface area contributed by atoms with E-state index < -0.39 is 11.2 Å². The van der Waals surface area contributed by atoms with Crippen LogP contribution in [0.4, 0.5) is 4.39 Å². The van der Waals surface area contributed by atoms with E-state index >= 15 is 0 Å². The molecule has 1 aromatic carbocycles. The van der Waals surface area contributed by atoms with Crippen molar-refractivity contribution in [3.05, 3.63) is 35.1 Å². The lowest BCUT2D eigenvalue weighted by molar-refractivity contribution is -0.127. The number of nitrogens with zero attached hydrogens (tertiary/aromatic N) is 1. The van der Waals surface area contributed by atoms with Crippen molar-refractivity contribution in [2.75, 3.05) is 0 Å². The van der Waals surface area contributed by atoms with Gasteiger partial charge in [0.05, 0.1) is 17.0 Å². The number of hydrogen-bond acceptors (Lipinski definition) is 3. The molecule has 1 aliphatic carbocycles. The summed E-state index contributed by atoms with van der Waals surface area (Å²) >= 11 is 0. The zero-order valence-electron chi connectivity index (χ0n) is 14.9. The lowest BCUT2D eigenvalue weighted by Gasteiger charge is -2.28. The Morgan fingerprint density at radius 2 is 2.04 bits per heavy atom. The molecule has 0 saturated heterocycles.